The van der Waals surface area contributed by atoms with E-state index in [4.69, 9.17) is 5.11 Å². The second kappa shape index (κ2) is 6.83. The van der Waals surface area contributed by atoms with Crippen molar-refractivity contribution in [1.29, 1.82) is 0 Å². The molecule has 18 heavy (non-hydrogen) atoms. The Balaban J connectivity index is 4.28. The molecule has 4 N–H and O–H groups in total. The van der Waals surface area contributed by atoms with Gasteiger partial charge in [-0.2, -0.15) is 0 Å². The monoisotopic (exact) mass is 259 g/mol. The Bertz CT molecular complexity index is 323. The van der Waals surface area contributed by atoms with E-state index in [-0.39, 0.29) is 12.5 Å². The van der Waals surface area contributed by atoms with E-state index in [9.17, 15) is 14.4 Å². The van der Waals surface area contributed by atoms with Gasteiger partial charge in [-0.25, -0.2) is 9.59 Å². The summed E-state index contributed by atoms with van der Waals surface area (Å²) >= 11 is 0. The molecule has 0 aromatic rings. The van der Waals surface area contributed by atoms with Crippen LogP contribution in [0.3, 0.4) is 0 Å². The average molecular weight is 259 g/mol. The highest BCUT2D eigenvalue weighted by atomic mass is 16.4. The van der Waals surface area contributed by atoms with Gasteiger partial charge in [-0.05, 0) is 12.3 Å². The Kier molecular flexibility index (Phi) is 6.15. The van der Waals surface area contributed by atoms with Gasteiger partial charge in [-0.3, -0.25) is 4.79 Å². The Hall–Kier alpha value is -1.79. The number of urea groups is 1. The van der Waals surface area contributed by atoms with Crippen LogP contribution in [0.1, 0.15) is 27.7 Å². The molecule has 0 heterocycles. The van der Waals surface area contributed by atoms with Crippen LogP contribution in [-0.2, 0) is 9.59 Å². The molecule has 1 atom stereocenters. The van der Waals surface area contributed by atoms with Gasteiger partial charge in [0.1, 0.15) is 6.04 Å². The summed E-state index contributed by atoms with van der Waals surface area (Å²) in [6, 6.07) is -1.70. The third kappa shape index (κ3) is 6.07. The van der Waals surface area contributed by atoms with Crippen LogP contribution in [0.15, 0.2) is 0 Å². The van der Waals surface area contributed by atoms with Gasteiger partial charge in [0, 0.05) is 6.54 Å². The smallest absolute Gasteiger partial charge is 0.326 e. The summed E-state index contributed by atoms with van der Waals surface area (Å²) < 4.78 is 0. The molecule has 0 saturated heterocycles. The molecule has 0 aliphatic carbocycles. The standard InChI is InChI=1S/C11H21N3O4/c1-5-12-7(15)6-13-10(18)14-8(9(16)17)11(2,3)4/h8H,5-6H2,1-4H3,(H,12,15)(H,16,17)(H2,13,14,18). The van der Waals surface area contributed by atoms with E-state index in [1.807, 2.05) is 0 Å². The molecule has 1 unspecified atom stereocenters. The molecular formula is C11H21N3O4. The Morgan fingerprint density at radius 3 is 2.11 bits per heavy atom. The lowest BCUT2D eigenvalue weighted by Crippen LogP contribution is -2.53. The van der Waals surface area contributed by atoms with Crippen molar-refractivity contribution < 1.29 is 19.5 Å². The van der Waals surface area contributed by atoms with Gasteiger partial charge in [0.25, 0.3) is 0 Å². The number of hydrogen-bond acceptors (Lipinski definition) is 3. The summed E-state index contributed by atoms with van der Waals surface area (Å²) in [5.74, 6) is -1.44. The molecule has 0 aliphatic rings. The highest BCUT2D eigenvalue weighted by Gasteiger charge is 2.32. The van der Waals surface area contributed by atoms with Crippen molar-refractivity contribution in [3.05, 3.63) is 0 Å². The Morgan fingerprint density at radius 1 is 1.17 bits per heavy atom. The highest BCUT2D eigenvalue weighted by molar-refractivity contribution is 5.86. The molecule has 0 bridgehead atoms. The second-order valence-electron chi connectivity index (χ2n) is 4.92. The zero-order valence-electron chi connectivity index (χ0n) is 11.2. The molecular weight excluding hydrogens is 238 g/mol. The molecule has 7 heteroatoms. The number of carbonyl (C=O) groups excluding carboxylic acids is 2. The Labute approximate surface area is 106 Å². The summed E-state index contributed by atoms with van der Waals surface area (Å²) in [5.41, 5.74) is -0.616. The summed E-state index contributed by atoms with van der Waals surface area (Å²) in [6.07, 6.45) is 0. The van der Waals surface area contributed by atoms with E-state index in [1.165, 1.54) is 0 Å². The first-order valence-corrected chi connectivity index (χ1v) is 5.72. The fraction of sp³-hybridized carbons (Fsp3) is 0.727. The number of carbonyl (C=O) groups is 3. The molecule has 0 rings (SSSR count). The van der Waals surface area contributed by atoms with Gasteiger partial charge in [0.05, 0.1) is 6.54 Å². The first-order valence-electron chi connectivity index (χ1n) is 5.72. The molecule has 0 radical (unpaired) electrons. The maximum absolute atomic E-state index is 11.4. The van der Waals surface area contributed by atoms with E-state index in [2.05, 4.69) is 16.0 Å². The van der Waals surface area contributed by atoms with E-state index >= 15 is 0 Å². The summed E-state index contributed by atoms with van der Waals surface area (Å²) in [4.78, 5) is 33.5. The molecule has 0 aromatic heterocycles. The number of aliphatic carboxylic acids is 1. The molecule has 7 nitrogen and oxygen atoms in total. The number of rotatable bonds is 5. The summed E-state index contributed by atoms with van der Waals surface area (Å²) in [6.45, 7) is 7.16. The normalized spacial score (nSPS) is 12.4. The van der Waals surface area contributed by atoms with Crippen LogP contribution in [0.25, 0.3) is 0 Å². The first-order chi connectivity index (χ1) is 8.18. The third-order valence-corrected chi connectivity index (χ3v) is 2.17. The lowest BCUT2D eigenvalue weighted by atomic mass is 9.87. The number of hydrogen-bond donors (Lipinski definition) is 4. The first kappa shape index (κ1) is 16.2. The summed E-state index contributed by atoms with van der Waals surface area (Å²) in [5, 5.41) is 16.1. The van der Waals surface area contributed by atoms with Crippen molar-refractivity contribution in [2.24, 2.45) is 5.41 Å². The van der Waals surface area contributed by atoms with Crippen molar-refractivity contribution >= 4 is 17.9 Å². The van der Waals surface area contributed by atoms with Gasteiger partial charge in [-0.15, -0.1) is 0 Å². The number of nitrogens with one attached hydrogen (secondary N) is 3. The fourth-order valence-corrected chi connectivity index (χ4v) is 1.25. The molecule has 0 spiro atoms. The maximum atomic E-state index is 11.4. The minimum absolute atomic E-state index is 0.184. The molecule has 3 amide bonds. The molecule has 0 aromatic carbocycles. The number of amides is 3. The predicted octanol–water partition coefficient (Wildman–Crippen LogP) is -0.0790. The van der Waals surface area contributed by atoms with Crippen LogP contribution in [0.4, 0.5) is 4.79 Å². The minimum atomic E-state index is -1.12. The van der Waals surface area contributed by atoms with E-state index in [1.54, 1.807) is 27.7 Å². The van der Waals surface area contributed by atoms with E-state index in [0.29, 0.717) is 6.54 Å². The minimum Gasteiger partial charge on any atom is -0.480 e. The predicted molar refractivity (Wildman–Crippen MR) is 66.1 cm³/mol. The van der Waals surface area contributed by atoms with Crippen LogP contribution < -0.4 is 16.0 Å². The van der Waals surface area contributed by atoms with E-state index in [0.717, 1.165) is 0 Å². The topological polar surface area (TPSA) is 108 Å². The number of carboxylic acids is 1. The fourth-order valence-electron chi connectivity index (χ4n) is 1.25. The van der Waals surface area contributed by atoms with Crippen LogP contribution >= 0.6 is 0 Å². The number of likely N-dealkylation sites (N-methyl/N-ethyl adjacent to an activating group) is 1. The van der Waals surface area contributed by atoms with Crippen LogP contribution in [0.5, 0.6) is 0 Å². The lowest BCUT2D eigenvalue weighted by molar-refractivity contribution is -0.141. The van der Waals surface area contributed by atoms with Crippen molar-refractivity contribution in [1.82, 2.24) is 16.0 Å². The molecule has 0 fully saturated rings. The second-order valence-corrected chi connectivity index (χ2v) is 4.92. The maximum Gasteiger partial charge on any atom is 0.326 e. The molecule has 104 valence electrons. The average Bonchev–Trinajstić information content (AvgIpc) is 2.21. The van der Waals surface area contributed by atoms with Crippen LogP contribution in [0, 0.1) is 5.41 Å². The van der Waals surface area contributed by atoms with Crippen molar-refractivity contribution in [2.45, 2.75) is 33.7 Å². The number of carboxylic acid groups (broad SMARTS) is 1. The van der Waals surface area contributed by atoms with Gasteiger partial charge in [0.2, 0.25) is 5.91 Å². The zero-order chi connectivity index (χ0) is 14.3. The largest absolute Gasteiger partial charge is 0.480 e. The van der Waals surface area contributed by atoms with Crippen LogP contribution in [-0.4, -0.2) is 42.1 Å². The molecule has 0 aliphatic heterocycles. The Morgan fingerprint density at radius 2 is 1.72 bits per heavy atom. The summed E-state index contributed by atoms with van der Waals surface area (Å²) in [7, 11) is 0. The molecule has 0 saturated carbocycles. The quantitative estimate of drug-likeness (QED) is 0.554. The van der Waals surface area contributed by atoms with E-state index < -0.39 is 23.5 Å². The van der Waals surface area contributed by atoms with Crippen molar-refractivity contribution in [2.75, 3.05) is 13.1 Å². The van der Waals surface area contributed by atoms with Crippen molar-refractivity contribution in [3.63, 3.8) is 0 Å². The lowest BCUT2D eigenvalue weighted by Gasteiger charge is -2.27. The van der Waals surface area contributed by atoms with Gasteiger partial charge >= 0.3 is 12.0 Å². The van der Waals surface area contributed by atoms with Crippen molar-refractivity contribution in [3.8, 4) is 0 Å². The highest BCUT2D eigenvalue weighted by Crippen LogP contribution is 2.19. The van der Waals surface area contributed by atoms with Crippen LogP contribution in [0.2, 0.25) is 0 Å². The van der Waals surface area contributed by atoms with Gasteiger partial charge in [0.15, 0.2) is 0 Å². The van der Waals surface area contributed by atoms with Gasteiger partial charge in [-0.1, -0.05) is 20.8 Å². The van der Waals surface area contributed by atoms with Gasteiger partial charge < -0.3 is 21.1 Å². The SMILES string of the molecule is CCNC(=O)CNC(=O)NC(C(=O)O)C(C)(C)C. The zero-order valence-corrected chi connectivity index (χ0v) is 11.2. The third-order valence-electron chi connectivity index (χ3n) is 2.17.